The molecule has 2 aromatic carbocycles. The highest BCUT2D eigenvalue weighted by Gasteiger charge is 2.19. The largest absolute Gasteiger partial charge is 0.478 e. The molecule has 0 aliphatic carbocycles. The maximum absolute atomic E-state index is 11.5. The fourth-order valence-electron chi connectivity index (χ4n) is 3.56. The zero-order valence-electron chi connectivity index (χ0n) is 15.8. The van der Waals surface area contributed by atoms with Crippen LogP contribution in [0.5, 0.6) is 11.5 Å². The van der Waals surface area contributed by atoms with Crippen LogP contribution in [0.15, 0.2) is 60.8 Å². The number of aromatic amines is 1. The second-order valence-electron chi connectivity index (χ2n) is 6.76. The molecule has 5 rings (SSSR count). The molecular formula is C22H15ClN4O3. The number of carboxylic acid groups (broad SMARTS) is 1. The molecule has 0 spiro atoms. The summed E-state index contributed by atoms with van der Waals surface area (Å²) in [5, 5.41) is 15.5. The Morgan fingerprint density at radius 2 is 1.93 bits per heavy atom. The normalized spacial score (nSPS) is 11.3. The quantitative estimate of drug-likeness (QED) is 0.415. The van der Waals surface area contributed by atoms with Gasteiger partial charge < -0.3 is 14.8 Å². The van der Waals surface area contributed by atoms with Gasteiger partial charge in [-0.15, -0.1) is 0 Å². The fraction of sp³-hybridized carbons (Fsp3) is 0.0455. The third-order valence-electron chi connectivity index (χ3n) is 4.89. The third kappa shape index (κ3) is 2.87. The number of aromatic nitrogens is 4. The number of benzene rings is 2. The van der Waals surface area contributed by atoms with E-state index in [4.69, 9.17) is 16.3 Å². The second kappa shape index (κ2) is 6.89. The van der Waals surface area contributed by atoms with Crippen molar-refractivity contribution in [2.75, 3.05) is 0 Å². The van der Waals surface area contributed by atoms with Crippen LogP contribution in [0, 0.1) is 0 Å². The van der Waals surface area contributed by atoms with Gasteiger partial charge in [0.1, 0.15) is 17.0 Å². The zero-order valence-corrected chi connectivity index (χ0v) is 16.5. The molecule has 7 nitrogen and oxygen atoms in total. The van der Waals surface area contributed by atoms with Crippen LogP contribution in [0.4, 0.5) is 0 Å². The number of fused-ring (bicyclic) bond motifs is 2. The van der Waals surface area contributed by atoms with Crippen LogP contribution in [-0.4, -0.2) is 30.8 Å². The Kier molecular flexibility index (Phi) is 4.18. The average molecular weight is 419 g/mol. The van der Waals surface area contributed by atoms with E-state index in [0.717, 1.165) is 10.9 Å². The number of aromatic carboxylic acids is 1. The molecule has 3 aromatic heterocycles. The number of H-pyrrole nitrogens is 1. The molecule has 0 bridgehead atoms. The van der Waals surface area contributed by atoms with Crippen LogP contribution < -0.4 is 4.74 Å². The van der Waals surface area contributed by atoms with Gasteiger partial charge in [-0.05, 0) is 30.3 Å². The molecule has 0 saturated heterocycles. The number of carboxylic acids is 1. The van der Waals surface area contributed by atoms with Crippen LogP contribution in [0.1, 0.15) is 10.4 Å². The van der Waals surface area contributed by atoms with E-state index in [9.17, 15) is 9.90 Å². The Labute approximate surface area is 175 Å². The zero-order chi connectivity index (χ0) is 20.8. The van der Waals surface area contributed by atoms with Gasteiger partial charge in [0.25, 0.3) is 0 Å². The first kappa shape index (κ1) is 18.2. The van der Waals surface area contributed by atoms with E-state index in [1.165, 1.54) is 12.3 Å². The smallest absolute Gasteiger partial charge is 0.337 e. The van der Waals surface area contributed by atoms with Crippen LogP contribution in [0.3, 0.4) is 0 Å². The summed E-state index contributed by atoms with van der Waals surface area (Å²) >= 11 is 6.24. The SMILES string of the molecule is Cn1nc(-c2cc3nccc(C(=O)O)c3[nH]2)c2cccc(Oc3ccccc3Cl)c21. The monoisotopic (exact) mass is 418 g/mol. The number of ether oxygens (including phenoxy) is 1. The Morgan fingerprint density at radius 3 is 2.73 bits per heavy atom. The maximum atomic E-state index is 11.5. The second-order valence-corrected chi connectivity index (χ2v) is 7.17. The number of para-hydroxylation sites is 2. The molecule has 5 aromatic rings. The Balaban J connectivity index is 1.67. The summed E-state index contributed by atoms with van der Waals surface area (Å²) in [7, 11) is 1.83. The first-order valence-electron chi connectivity index (χ1n) is 9.12. The molecule has 3 heterocycles. The van der Waals surface area contributed by atoms with Crippen LogP contribution in [-0.2, 0) is 7.05 Å². The van der Waals surface area contributed by atoms with Gasteiger partial charge in [-0.1, -0.05) is 35.9 Å². The molecular weight excluding hydrogens is 404 g/mol. The molecule has 148 valence electrons. The molecule has 0 aliphatic heterocycles. The van der Waals surface area contributed by atoms with Crippen molar-refractivity contribution in [2.24, 2.45) is 7.05 Å². The molecule has 0 aliphatic rings. The molecule has 0 saturated carbocycles. The van der Waals surface area contributed by atoms with Gasteiger partial charge in [0.2, 0.25) is 0 Å². The van der Waals surface area contributed by atoms with Crippen molar-refractivity contribution in [3.05, 3.63) is 71.4 Å². The van der Waals surface area contributed by atoms with Crippen LogP contribution in [0.2, 0.25) is 5.02 Å². The predicted molar refractivity (Wildman–Crippen MR) is 114 cm³/mol. The van der Waals surface area contributed by atoms with E-state index in [1.54, 1.807) is 22.9 Å². The summed E-state index contributed by atoms with van der Waals surface area (Å²) in [6.45, 7) is 0. The number of nitrogens with one attached hydrogen (secondary N) is 1. The van der Waals surface area contributed by atoms with Crippen molar-refractivity contribution < 1.29 is 14.6 Å². The minimum atomic E-state index is -1.02. The number of aryl methyl sites for hydroxylation is 1. The summed E-state index contributed by atoms with van der Waals surface area (Å²) in [5.74, 6) is 0.148. The summed E-state index contributed by atoms with van der Waals surface area (Å²) in [6, 6.07) is 16.2. The number of hydrogen-bond acceptors (Lipinski definition) is 4. The molecule has 0 atom stereocenters. The van der Waals surface area contributed by atoms with Gasteiger partial charge in [0.15, 0.2) is 5.75 Å². The maximum Gasteiger partial charge on any atom is 0.337 e. The number of pyridine rings is 1. The van der Waals surface area contributed by atoms with Crippen molar-refractivity contribution in [3.8, 4) is 22.9 Å². The van der Waals surface area contributed by atoms with Gasteiger partial charge in [-0.25, -0.2) is 4.79 Å². The molecule has 0 unspecified atom stereocenters. The molecule has 0 fully saturated rings. The molecule has 30 heavy (non-hydrogen) atoms. The summed E-state index contributed by atoms with van der Waals surface area (Å²) in [4.78, 5) is 19.0. The van der Waals surface area contributed by atoms with Crippen LogP contribution in [0.25, 0.3) is 33.3 Å². The summed E-state index contributed by atoms with van der Waals surface area (Å²) < 4.78 is 7.80. The Bertz CT molecular complexity index is 1440. The lowest BCUT2D eigenvalue weighted by atomic mass is 10.1. The number of hydrogen-bond donors (Lipinski definition) is 2. The van der Waals surface area contributed by atoms with E-state index in [0.29, 0.717) is 38.9 Å². The lowest BCUT2D eigenvalue weighted by Crippen LogP contribution is -1.97. The van der Waals surface area contributed by atoms with E-state index in [2.05, 4.69) is 15.1 Å². The van der Waals surface area contributed by atoms with Gasteiger partial charge in [-0.2, -0.15) is 5.10 Å². The molecule has 0 radical (unpaired) electrons. The topological polar surface area (TPSA) is 93.0 Å². The number of rotatable bonds is 4. The molecule has 2 N–H and O–H groups in total. The first-order valence-corrected chi connectivity index (χ1v) is 9.50. The summed E-state index contributed by atoms with van der Waals surface area (Å²) in [5.41, 5.74) is 3.32. The number of nitrogens with zero attached hydrogens (tertiary/aromatic N) is 3. The molecule has 0 amide bonds. The lowest BCUT2D eigenvalue weighted by molar-refractivity contribution is 0.0698. The minimum Gasteiger partial charge on any atom is -0.478 e. The highest BCUT2D eigenvalue weighted by atomic mass is 35.5. The van der Waals surface area contributed by atoms with E-state index in [1.807, 2.05) is 37.4 Å². The Morgan fingerprint density at radius 1 is 1.13 bits per heavy atom. The van der Waals surface area contributed by atoms with Crippen molar-refractivity contribution in [3.63, 3.8) is 0 Å². The van der Waals surface area contributed by atoms with E-state index >= 15 is 0 Å². The number of carbonyl (C=O) groups is 1. The number of halogens is 1. The van der Waals surface area contributed by atoms with E-state index < -0.39 is 5.97 Å². The van der Waals surface area contributed by atoms with Gasteiger partial charge >= 0.3 is 5.97 Å². The highest BCUT2D eigenvalue weighted by molar-refractivity contribution is 6.32. The lowest BCUT2D eigenvalue weighted by Gasteiger charge is -2.09. The average Bonchev–Trinajstić information content (AvgIpc) is 3.31. The van der Waals surface area contributed by atoms with Gasteiger partial charge in [-0.3, -0.25) is 9.67 Å². The summed E-state index contributed by atoms with van der Waals surface area (Å²) in [6.07, 6.45) is 1.48. The minimum absolute atomic E-state index is 0.161. The first-order chi connectivity index (χ1) is 14.5. The van der Waals surface area contributed by atoms with Crippen molar-refractivity contribution in [2.45, 2.75) is 0 Å². The fourth-order valence-corrected chi connectivity index (χ4v) is 3.73. The molecule has 8 heteroatoms. The third-order valence-corrected chi connectivity index (χ3v) is 5.20. The van der Waals surface area contributed by atoms with E-state index in [-0.39, 0.29) is 5.56 Å². The van der Waals surface area contributed by atoms with Gasteiger partial charge in [0.05, 0.1) is 27.3 Å². The van der Waals surface area contributed by atoms with Crippen molar-refractivity contribution in [1.82, 2.24) is 19.7 Å². The Hall–Kier alpha value is -3.84. The predicted octanol–water partition coefficient (Wildman–Crippen LogP) is 5.26. The van der Waals surface area contributed by atoms with Crippen LogP contribution >= 0.6 is 11.6 Å². The standard InChI is InChI=1S/C22H15ClN4O3/c1-27-21-12(5-4-8-18(21)30-17-7-3-2-6-14(17)23)20(26-27)16-11-15-19(25-16)13(22(28)29)9-10-24-15/h2-11,25H,1H3,(H,28,29). The highest BCUT2D eigenvalue weighted by Crippen LogP contribution is 2.37. The van der Waals surface area contributed by atoms with Crippen molar-refractivity contribution in [1.29, 1.82) is 0 Å². The van der Waals surface area contributed by atoms with Gasteiger partial charge in [0, 0.05) is 18.6 Å². The van der Waals surface area contributed by atoms with Crippen molar-refractivity contribution >= 4 is 39.5 Å².